The molecule has 0 aliphatic heterocycles. The Labute approximate surface area is 147 Å². The first-order valence-electron chi connectivity index (χ1n) is 8.01. The lowest BCUT2D eigenvalue weighted by Crippen LogP contribution is -2.39. The van der Waals surface area contributed by atoms with Gasteiger partial charge >= 0.3 is 5.97 Å². The summed E-state index contributed by atoms with van der Waals surface area (Å²) >= 11 is 0. The lowest BCUT2D eigenvalue weighted by molar-refractivity contribution is -0.147. The highest BCUT2D eigenvalue weighted by atomic mass is 16.4. The maximum absolute atomic E-state index is 11.8. The molecule has 9 heteroatoms. The standard InChI is InChI=1S/C16H27N7O2/c1-16(2,3)13(15(24)25)11(14(18)22-23-19)8-10-4-5-12(21-9-10)20-7-6-17/h4-5,9,11,13H,6-8,17H2,1-3H3,(H,20,21)(H,24,25)(H3,18,19,22)/t11-,13-/m0/s1. The van der Waals surface area contributed by atoms with E-state index in [4.69, 9.17) is 17.0 Å². The van der Waals surface area contributed by atoms with Gasteiger partial charge in [-0.25, -0.2) is 4.98 Å². The summed E-state index contributed by atoms with van der Waals surface area (Å²) in [6.45, 7) is 6.58. The first kappa shape index (κ1) is 20.5. The summed E-state index contributed by atoms with van der Waals surface area (Å²) in [6.07, 6.45) is 1.95. The average molecular weight is 349 g/mol. The van der Waals surface area contributed by atoms with Gasteiger partial charge in [0.05, 0.1) is 5.92 Å². The molecule has 1 heterocycles. The molecule has 25 heavy (non-hydrogen) atoms. The molecule has 7 N–H and O–H groups in total. The Bertz CT molecular complexity index is 608. The number of rotatable bonds is 8. The fourth-order valence-corrected chi connectivity index (χ4v) is 2.76. The summed E-state index contributed by atoms with van der Waals surface area (Å²) in [7, 11) is 0. The predicted molar refractivity (Wildman–Crippen MR) is 96.3 cm³/mol. The molecule has 1 rings (SSSR count). The third-order valence-corrected chi connectivity index (χ3v) is 3.85. The van der Waals surface area contributed by atoms with E-state index in [9.17, 15) is 9.90 Å². The van der Waals surface area contributed by atoms with E-state index in [-0.39, 0.29) is 5.84 Å². The number of aromatic nitrogens is 1. The van der Waals surface area contributed by atoms with Crippen molar-refractivity contribution in [1.82, 2.24) is 4.98 Å². The maximum atomic E-state index is 11.8. The zero-order chi connectivity index (χ0) is 19.0. The van der Waals surface area contributed by atoms with Crippen molar-refractivity contribution in [3.05, 3.63) is 23.9 Å². The summed E-state index contributed by atoms with van der Waals surface area (Å²) in [4.78, 5) is 16.1. The Balaban J connectivity index is 3.08. The fourth-order valence-electron chi connectivity index (χ4n) is 2.76. The lowest BCUT2D eigenvalue weighted by atomic mass is 9.71. The lowest BCUT2D eigenvalue weighted by Gasteiger charge is -2.33. The average Bonchev–Trinajstić information content (AvgIpc) is 2.52. The molecule has 138 valence electrons. The molecule has 0 bridgehead atoms. The van der Waals surface area contributed by atoms with Gasteiger partial charge in [0.25, 0.3) is 0 Å². The van der Waals surface area contributed by atoms with Crippen molar-refractivity contribution in [3.63, 3.8) is 0 Å². The molecule has 1 aromatic heterocycles. The van der Waals surface area contributed by atoms with Crippen molar-refractivity contribution in [3.8, 4) is 0 Å². The van der Waals surface area contributed by atoms with Gasteiger partial charge in [-0.15, -0.1) is 5.11 Å². The molecule has 0 radical (unpaired) electrons. The van der Waals surface area contributed by atoms with Crippen molar-refractivity contribution >= 4 is 17.6 Å². The van der Waals surface area contributed by atoms with Crippen molar-refractivity contribution in [2.45, 2.75) is 27.2 Å². The molecule has 9 nitrogen and oxygen atoms in total. The highest BCUT2D eigenvalue weighted by Crippen LogP contribution is 2.35. The molecule has 0 fully saturated rings. The number of aliphatic carboxylic acids is 1. The molecule has 0 aliphatic rings. The van der Waals surface area contributed by atoms with Gasteiger partial charge in [-0.1, -0.05) is 32.1 Å². The van der Waals surface area contributed by atoms with E-state index in [0.29, 0.717) is 25.3 Å². The Morgan fingerprint density at radius 1 is 1.44 bits per heavy atom. The van der Waals surface area contributed by atoms with Crippen molar-refractivity contribution in [2.75, 3.05) is 18.4 Å². The smallest absolute Gasteiger partial charge is 0.307 e. The number of pyridine rings is 1. The number of nitrogens with two attached hydrogens (primary N) is 2. The van der Waals surface area contributed by atoms with Crippen LogP contribution in [0, 0.1) is 22.7 Å². The number of hydrogen-bond donors (Lipinski definition) is 5. The van der Waals surface area contributed by atoms with Gasteiger partial charge in [0.2, 0.25) is 0 Å². The van der Waals surface area contributed by atoms with Crippen LogP contribution in [0.2, 0.25) is 0 Å². The Morgan fingerprint density at radius 2 is 2.12 bits per heavy atom. The number of amidine groups is 1. The van der Waals surface area contributed by atoms with Crippen molar-refractivity contribution in [1.29, 1.82) is 5.41 Å². The Morgan fingerprint density at radius 3 is 2.56 bits per heavy atom. The van der Waals surface area contributed by atoms with Crippen molar-refractivity contribution in [2.24, 2.45) is 39.2 Å². The van der Waals surface area contributed by atoms with E-state index < -0.39 is 23.2 Å². The summed E-state index contributed by atoms with van der Waals surface area (Å²) < 4.78 is 0. The van der Waals surface area contributed by atoms with Crippen LogP contribution in [-0.4, -0.2) is 35.0 Å². The third kappa shape index (κ3) is 6.11. The second-order valence-electron chi connectivity index (χ2n) is 6.86. The van der Waals surface area contributed by atoms with Crippen LogP contribution in [-0.2, 0) is 11.2 Å². The minimum absolute atomic E-state index is 0.157. The van der Waals surface area contributed by atoms with Crippen LogP contribution in [0.3, 0.4) is 0 Å². The Hall–Kier alpha value is -2.55. The number of hydrogen-bond acceptors (Lipinski definition) is 6. The zero-order valence-corrected chi connectivity index (χ0v) is 14.9. The number of nitrogens with one attached hydrogen (secondary N) is 2. The summed E-state index contributed by atoms with van der Waals surface area (Å²) in [6, 6.07) is 3.64. The normalized spacial score (nSPS) is 14.2. The molecule has 0 unspecified atom stereocenters. The molecule has 0 aliphatic carbocycles. The number of nitrogens with zero attached hydrogens (tertiary/aromatic N) is 3. The molecule has 0 amide bonds. The summed E-state index contributed by atoms with van der Waals surface area (Å²) in [5, 5.41) is 27.5. The zero-order valence-electron chi connectivity index (χ0n) is 14.9. The molecule has 1 aromatic rings. The van der Waals surface area contributed by atoms with Crippen LogP contribution < -0.4 is 16.9 Å². The van der Waals surface area contributed by atoms with Crippen LogP contribution >= 0.6 is 0 Å². The summed E-state index contributed by atoms with van der Waals surface area (Å²) in [5.74, 6) is 3.11. The van der Waals surface area contributed by atoms with E-state index in [1.165, 1.54) is 0 Å². The van der Waals surface area contributed by atoms with E-state index in [1.54, 1.807) is 12.3 Å². The van der Waals surface area contributed by atoms with Crippen LogP contribution in [0.1, 0.15) is 26.3 Å². The molecular formula is C16H27N7O2. The predicted octanol–water partition coefficient (Wildman–Crippen LogP) is 1.66. The van der Waals surface area contributed by atoms with Crippen LogP contribution in [0.5, 0.6) is 0 Å². The number of anilines is 1. The van der Waals surface area contributed by atoms with Crippen LogP contribution in [0.25, 0.3) is 0 Å². The molecule has 0 spiro atoms. The van der Waals surface area contributed by atoms with E-state index in [0.717, 1.165) is 5.56 Å². The number of carboxylic acids is 1. The molecule has 0 aromatic carbocycles. The van der Waals surface area contributed by atoms with E-state index in [1.807, 2.05) is 26.8 Å². The second kappa shape index (κ2) is 9.07. The molecule has 2 atom stereocenters. The topological polar surface area (TPSA) is 163 Å². The Kier molecular flexibility index (Phi) is 7.43. The molecule has 0 saturated carbocycles. The first-order chi connectivity index (χ1) is 11.7. The van der Waals surface area contributed by atoms with Gasteiger partial charge in [-0.2, -0.15) is 0 Å². The summed E-state index contributed by atoms with van der Waals surface area (Å²) in [5.41, 5.74) is 5.67. The maximum Gasteiger partial charge on any atom is 0.307 e. The molecule has 0 saturated heterocycles. The minimum atomic E-state index is -0.983. The third-order valence-electron chi connectivity index (χ3n) is 3.85. The number of carboxylic acid groups (broad SMARTS) is 1. The van der Waals surface area contributed by atoms with Crippen LogP contribution in [0.4, 0.5) is 5.82 Å². The van der Waals surface area contributed by atoms with Gasteiger partial charge in [0, 0.05) is 25.2 Å². The van der Waals surface area contributed by atoms with E-state index >= 15 is 0 Å². The quantitative estimate of drug-likeness (QED) is 0.157. The second-order valence-corrected chi connectivity index (χ2v) is 6.86. The molecular weight excluding hydrogens is 322 g/mol. The SMILES string of the molecule is CC(C)(C)[C@H](C(=O)O)[C@H](Cc1ccc(NCCN)nc1)C(=N)N=NN. The van der Waals surface area contributed by atoms with Gasteiger partial charge in [0.1, 0.15) is 11.7 Å². The first-order valence-corrected chi connectivity index (χ1v) is 8.01. The fraction of sp³-hybridized carbons (Fsp3) is 0.562. The van der Waals surface area contributed by atoms with Gasteiger partial charge in [0.15, 0.2) is 0 Å². The monoisotopic (exact) mass is 349 g/mol. The van der Waals surface area contributed by atoms with Crippen molar-refractivity contribution < 1.29 is 9.90 Å². The van der Waals surface area contributed by atoms with E-state index in [2.05, 4.69) is 20.6 Å². The highest BCUT2D eigenvalue weighted by Gasteiger charge is 2.40. The largest absolute Gasteiger partial charge is 0.481 e. The minimum Gasteiger partial charge on any atom is -0.481 e. The van der Waals surface area contributed by atoms with Crippen LogP contribution in [0.15, 0.2) is 28.7 Å². The number of carbonyl (C=O) groups is 1. The van der Waals surface area contributed by atoms with Gasteiger partial charge in [-0.3, -0.25) is 10.2 Å². The van der Waals surface area contributed by atoms with Gasteiger partial charge < -0.3 is 22.0 Å². The van der Waals surface area contributed by atoms with Gasteiger partial charge in [-0.05, 0) is 23.5 Å². The highest BCUT2D eigenvalue weighted by molar-refractivity contribution is 5.87.